The largest absolute Gasteiger partial charge is 1.00 e. The fourth-order valence-corrected chi connectivity index (χ4v) is 3.21. The van der Waals surface area contributed by atoms with E-state index in [1.54, 1.807) is 0 Å². The van der Waals surface area contributed by atoms with Crippen molar-refractivity contribution in [2.24, 2.45) is 0 Å². The topological polar surface area (TPSA) is 99.0 Å². The zero-order valence-electron chi connectivity index (χ0n) is 17.6. The van der Waals surface area contributed by atoms with Crippen molar-refractivity contribution in [1.29, 1.82) is 0 Å². The average molecular weight is 418 g/mol. The van der Waals surface area contributed by atoms with Crippen LogP contribution in [-0.4, -0.2) is 35.9 Å². The first-order valence-corrected chi connectivity index (χ1v) is 11.9. The van der Waals surface area contributed by atoms with E-state index in [1.807, 2.05) is 0 Å². The summed E-state index contributed by atoms with van der Waals surface area (Å²) in [6.45, 7) is 2.34. The van der Waals surface area contributed by atoms with Crippen LogP contribution in [0.15, 0.2) is 0 Å². The Bertz CT molecular complexity index is 340. The van der Waals surface area contributed by atoms with E-state index in [0.29, 0.717) is 6.61 Å². The van der Waals surface area contributed by atoms with Crippen LogP contribution >= 0.6 is 7.82 Å². The molecule has 0 aliphatic rings. The van der Waals surface area contributed by atoms with Gasteiger partial charge in [-0.25, -0.2) is 0 Å². The Morgan fingerprint density at radius 3 is 1.63 bits per heavy atom. The minimum absolute atomic E-state index is 0. The van der Waals surface area contributed by atoms with E-state index >= 15 is 0 Å². The van der Waals surface area contributed by atoms with Gasteiger partial charge in [0.1, 0.15) is 6.10 Å². The van der Waals surface area contributed by atoms with E-state index in [4.69, 9.17) is 9.63 Å². The van der Waals surface area contributed by atoms with Gasteiger partial charge >= 0.3 is 29.6 Å². The number of rotatable bonds is 20. The number of ether oxygens (including phenoxy) is 1. The molecule has 0 saturated heterocycles. The summed E-state index contributed by atoms with van der Waals surface area (Å²) < 4.78 is 19.7. The second-order valence-corrected chi connectivity index (χ2v) is 8.28. The van der Waals surface area contributed by atoms with Gasteiger partial charge in [0.2, 0.25) is 0 Å². The fraction of sp³-hybridized carbons (Fsp3) is 1.00. The summed E-state index contributed by atoms with van der Waals surface area (Å²) in [6, 6.07) is 0. The van der Waals surface area contributed by atoms with Crippen molar-refractivity contribution >= 4 is 7.82 Å². The molecule has 1 unspecified atom stereocenters. The van der Waals surface area contributed by atoms with Gasteiger partial charge in [-0.15, -0.1) is 0 Å². The van der Waals surface area contributed by atoms with Crippen LogP contribution in [0.3, 0.4) is 0 Å². The maximum Gasteiger partial charge on any atom is 1.00 e. The molecule has 0 aromatic carbocycles. The second kappa shape index (κ2) is 21.7. The van der Waals surface area contributed by atoms with E-state index in [0.717, 1.165) is 12.8 Å². The fourth-order valence-electron chi connectivity index (χ4n) is 2.85. The predicted octanol–water partition coefficient (Wildman–Crippen LogP) is 1.33. The summed E-state index contributed by atoms with van der Waals surface area (Å²) in [5.74, 6) is 0. The molecule has 0 bridgehead atoms. The van der Waals surface area contributed by atoms with Gasteiger partial charge < -0.3 is 24.2 Å². The number of aliphatic hydroxyl groups excluding tert-OH is 1. The van der Waals surface area contributed by atoms with Crippen molar-refractivity contribution in [3.8, 4) is 0 Å². The molecule has 0 spiro atoms. The Morgan fingerprint density at radius 2 is 1.22 bits per heavy atom. The van der Waals surface area contributed by atoms with Crippen LogP contribution in [0.25, 0.3) is 0 Å². The van der Waals surface area contributed by atoms with Crippen molar-refractivity contribution in [1.82, 2.24) is 0 Å². The minimum atomic E-state index is -4.76. The standard InChI is InChI=1S/C19H41O6P.Na/c1-2-3-4-5-6-7-8-9-10-11-12-13-14-15-16-24-17-19(20)18-25-26(21,22)23;/h19-20H,2-18H2,1H3,(H2,21,22,23);/q;+1/p-1/t19-;/m1./s1. The van der Waals surface area contributed by atoms with Gasteiger partial charge in [-0.2, -0.15) is 0 Å². The van der Waals surface area contributed by atoms with Crippen molar-refractivity contribution in [3.05, 3.63) is 0 Å². The molecule has 6 nitrogen and oxygen atoms in total. The molecule has 0 heterocycles. The van der Waals surface area contributed by atoms with Crippen molar-refractivity contribution in [2.75, 3.05) is 19.8 Å². The minimum Gasteiger partial charge on any atom is -0.756 e. The third-order valence-corrected chi connectivity index (χ3v) is 4.86. The molecule has 158 valence electrons. The first-order valence-electron chi connectivity index (χ1n) is 10.4. The Kier molecular flexibility index (Phi) is 24.3. The molecule has 2 atom stereocenters. The summed E-state index contributed by atoms with van der Waals surface area (Å²) in [5.41, 5.74) is 0. The molecule has 27 heavy (non-hydrogen) atoms. The number of hydrogen-bond donors (Lipinski definition) is 2. The molecule has 0 aromatic rings. The third-order valence-electron chi connectivity index (χ3n) is 4.38. The first kappa shape index (κ1) is 30.2. The van der Waals surface area contributed by atoms with E-state index < -0.39 is 20.5 Å². The van der Waals surface area contributed by atoms with Crippen LogP contribution in [0, 0.1) is 0 Å². The molecule has 0 amide bonds. The summed E-state index contributed by atoms with van der Waals surface area (Å²) in [5, 5.41) is 9.41. The maximum atomic E-state index is 10.4. The zero-order valence-corrected chi connectivity index (χ0v) is 20.5. The quantitative estimate of drug-likeness (QED) is 0.176. The molecule has 0 saturated carbocycles. The van der Waals surface area contributed by atoms with Crippen LogP contribution in [0.5, 0.6) is 0 Å². The van der Waals surface area contributed by atoms with Gasteiger partial charge in [0.25, 0.3) is 7.82 Å². The third kappa shape index (κ3) is 27.0. The van der Waals surface area contributed by atoms with Crippen LogP contribution in [0.4, 0.5) is 0 Å². The van der Waals surface area contributed by atoms with Gasteiger partial charge in [0, 0.05) is 6.61 Å². The molecule has 0 fully saturated rings. The predicted molar refractivity (Wildman–Crippen MR) is 103 cm³/mol. The number of aliphatic hydroxyl groups is 1. The van der Waals surface area contributed by atoms with Gasteiger partial charge in [-0.3, -0.25) is 4.57 Å². The number of phosphoric acid groups is 1. The van der Waals surface area contributed by atoms with Gasteiger partial charge in [0.15, 0.2) is 0 Å². The van der Waals surface area contributed by atoms with Gasteiger partial charge in [0.05, 0.1) is 13.2 Å². The molecule has 0 rings (SSSR count). The summed E-state index contributed by atoms with van der Waals surface area (Å²) in [4.78, 5) is 18.8. The molecule has 0 radical (unpaired) electrons. The Hall–Kier alpha value is 1.03. The Labute approximate surface area is 188 Å². The SMILES string of the molecule is CCCCCCCCCCCCCCCCOC[C@@H](O)COP(=O)([O-])O.[Na+]. The van der Waals surface area contributed by atoms with Gasteiger partial charge in [-0.05, 0) is 6.42 Å². The van der Waals surface area contributed by atoms with E-state index in [1.165, 1.54) is 77.0 Å². The smallest absolute Gasteiger partial charge is 0.756 e. The van der Waals surface area contributed by atoms with E-state index in [9.17, 15) is 14.6 Å². The molecular weight excluding hydrogens is 378 g/mol. The first-order chi connectivity index (χ1) is 12.5. The van der Waals surface area contributed by atoms with Gasteiger partial charge in [-0.1, -0.05) is 90.4 Å². The maximum absolute atomic E-state index is 10.4. The van der Waals surface area contributed by atoms with Crippen LogP contribution in [0.1, 0.15) is 96.8 Å². The van der Waals surface area contributed by atoms with Crippen LogP contribution < -0.4 is 34.5 Å². The van der Waals surface area contributed by atoms with Crippen molar-refractivity contribution < 1.29 is 58.3 Å². The summed E-state index contributed by atoms with van der Waals surface area (Å²) in [7, 11) is -4.76. The molecule has 0 aliphatic heterocycles. The van der Waals surface area contributed by atoms with Crippen molar-refractivity contribution in [2.45, 2.75) is 103 Å². The van der Waals surface area contributed by atoms with E-state index in [-0.39, 0.29) is 36.2 Å². The number of unbranched alkanes of at least 4 members (excludes halogenated alkanes) is 13. The molecule has 8 heteroatoms. The van der Waals surface area contributed by atoms with Crippen molar-refractivity contribution in [3.63, 3.8) is 0 Å². The van der Waals surface area contributed by atoms with Crippen LogP contribution in [-0.2, 0) is 13.8 Å². The second-order valence-electron chi connectivity index (χ2n) is 7.09. The molecule has 0 aromatic heterocycles. The summed E-state index contributed by atoms with van der Waals surface area (Å²) in [6.07, 6.45) is 17.2. The summed E-state index contributed by atoms with van der Waals surface area (Å²) >= 11 is 0. The van der Waals surface area contributed by atoms with Crippen LogP contribution in [0.2, 0.25) is 0 Å². The Balaban J connectivity index is 0. The van der Waals surface area contributed by atoms with E-state index in [2.05, 4.69) is 11.4 Å². The zero-order chi connectivity index (χ0) is 19.5. The average Bonchev–Trinajstić information content (AvgIpc) is 2.59. The Morgan fingerprint density at radius 1 is 0.815 bits per heavy atom. The molecule has 2 N–H and O–H groups in total. The molecule has 0 aliphatic carbocycles. The normalized spacial score (nSPS) is 14.5. The molecular formula is C19H40NaO6P. The monoisotopic (exact) mass is 418 g/mol. The number of hydrogen-bond acceptors (Lipinski definition) is 5. The number of phosphoric ester groups is 1.